The summed E-state index contributed by atoms with van der Waals surface area (Å²) in [4.78, 5) is 29.1. The highest BCUT2D eigenvalue weighted by molar-refractivity contribution is 6.14. The van der Waals surface area contributed by atoms with Crippen LogP contribution in [0.15, 0.2) is 36.4 Å². The predicted octanol–water partition coefficient (Wildman–Crippen LogP) is 2.32. The lowest BCUT2D eigenvalue weighted by atomic mass is 9.98. The van der Waals surface area contributed by atoms with Crippen molar-refractivity contribution >= 4 is 22.6 Å². The molecular weight excluding hydrogens is 258 g/mol. The fraction of sp³-hybridized carbons (Fsp3) is 0.200. The lowest BCUT2D eigenvalue weighted by Gasteiger charge is -2.16. The average molecular weight is 271 g/mol. The van der Waals surface area contributed by atoms with Crippen molar-refractivity contribution in [2.24, 2.45) is 0 Å². The summed E-state index contributed by atoms with van der Waals surface area (Å²) in [5.74, 6) is -1.33. The molecule has 0 saturated carbocycles. The summed E-state index contributed by atoms with van der Waals surface area (Å²) < 4.78 is 0. The van der Waals surface area contributed by atoms with Gasteiger partial charge in [-0.2, -0.15) is 0 Å². The first kappa shape index (κ1) is 12.6. The Morgan fingerprint density at radius 1 is 1.10 bits per heavy atom. The quantitative estimate of drug-likeness (QED) is 0.910. The van der Waals surface area contributed by atoms with E-state index >= 15 is 0 Å². The second-order valence-corrected chi connectivity index (χ2v) is 4.61. The fourth-order valence-corrected chi connectivity index (χ4v) is 2.44. The third kappa shape index (κ3) is 2.02. The molecule has 1 aliphatic heterocycles. The summed E-state index contributed by atoms with van der Waals surface area (Å²) >= 11 is 0. The SMILES string of the molecule is O=C(O)c1cccc2cccc(C(=O)N3CCCO3)c12. The van der Waals surface area contributed by atoms with Gasteiger partial charge in [-0.3, -0.25) is 9.63 Å². The van der Waals surface area contributed by atoms with E-state index in [-0.39, 0.29) is 11.5 Å². The van der Waals surface area contributed by atoms with E-state index in [1.54, 1.807) is 30.3 Å². The van der Waals surface area contributed by atoms with Crippen LogP contribution < -0.4 is 0 Å². The Kier molecular flexibility index (Phi) is 3.12. The normalized spacial score (nSPS) is 14.7. The molecule has 1 aliphatic rings. The first-order valence-corrected chi connectivity index (χ1v) is 6.38. The average Bonchev–Trinajstić information content (AvgIpc) is 2.99. The standard InChI is InChI=1S/C15H13NO4/c17-14(16-8-3-9-20-16)11-6-1-4-10-5-2-7-12(13(10)11)15(18)19/h1-2,4-7H,3,8-9H2,(H,18,19). The smallest absolute Gasteiger partial charge is 0.336 e. The largest absolute Gasteiger partial charge is 0.478 e. The molecule has 3 rings (SSSR count). The van der Waals surface area contributed by atoms with Crippen molar-refractivity contribution < 1.29 is 19.5 Å². The highest BCUT2D eigenvalue weighted by Gasteiger charge is 2.24. The van der Waals surface area contributed by atoms with Crippen molar-refractivity contribution in [3.05, 3.63) is 47.5 Å². The van der Waals surface area contributed by atoms with Crippen LogP contribution in [0.25, 0.3) is 10.8 Å². The van der Waals surface area contributed by atoms with Gasteiger partial charge in [0, 0.05) is 5.39 Å². The van der Waals surface area contributed by atoms with E-state index in [0.717, 1.165) is 11.8 Å². The molecule has 0 bridgehead atoms. The number of fused-ring (bicyclic) bond motifs is 1. The Labute approximate surface area is 115 Å². The topological polar surface area (TPSA) is 66.8 Å². The number of hydrogen-bond donors (Lipinski definition) is 1. The Bertz CT molecular complexity index is 684. The van der Waals surface area contributed by atoms with Crippen molar-refractivity contribution in [2.45, 2.75) is 6.42 Å². The zero-order chi connectivity index (χ0) is 14.1. The van der Waals surface area contributed by atoms with Crippen LogP contribution in [-0.4, -0.2) is 35.2 Å². The number of carbonyl (C=O) groups excluding carboxylic acids is 1. The number of hydroxylamine groups is 2. The number of hydrogen-bond acceptors (Lipinski definition) is 3. The second kappa shape index (κ2) is 4.94. The molecule has 0 unspecified atom stereocenters. The Hall–Kier alpha value is -2.40. The van der Waals surface area contributed by atoms with Crippen molar-refractivity contribution in [2.75, 3.05) is 13.2 Å². The van der Waals surface area contributed by atoms with Crippen LogP contribution in [0, 0.1) is 0 Å². The van der Waals surface area contributed by atoms with Gasteiger partial charge >= 0.3 is 5.97 Å². The van der Waals surface area contributed by atoms with E-state index in [4.69, 9.17) is 4.84 Å². The minimum atomic E-state index is -1.04. The van der Waals surface area contributed by atoms with E-state index in [1.165, 1.54) is 11.1 Å². The van der Waals surface area contributed by atoms with Gasteiger partial charge in [-0.1, -0.05) is 24.3 Å². The van der Waals surface area contributed by atoms with E-state index < -0.39 is 5.97 Å². The van der Waals surface area contributed by atoms with Gasteiger partial charge in [0.05, 0.1) is 24.3 Å². The number of carboxylic acid groups (broad SMARTS) is 1. The summed E-state index contributed by atoms with van der Waals surface area (Å²) in [6, 6.07) is 10.2. The van der Waals surface area contributed by atoms with Gasteiger partial charge in [0.25, 0.3) is 5.91 Å². The number of carboxylic acids is 1. The van der Waals surface area contributed by atoms with E-state index in [0.29, 0.717) is 24.1 Å². The van der Waals surface area contributed by atoms with Crippen molar-refractivity contribution in [3.63, 3.8) is 0 Å². The minimum Gasteiger partial charge on any atom is -0.478 e. The summed E-state index contributed by atoms with van der Waals surface area (Å²) in [5.41, 5.74) is 0.494. The molecule has 0 spiro atoms. The zero-order valence-electron chi connectivity index (χ0n) is 10.7. The van der Waals surface area contributed by atoms with E-state index in [1.807, 2.05) is 0 Å². The fourth-order valence-electron chi connectivity index (χ4n) is 2.44. The molecular formula is C15H13NO4. The molecule has 0 aromatic heterocycles. The van der Waals surface area contributed by atoms with E-state index in [2.05, 4.69) is 0 Å². The number of nitrogens with zero attached hydrogens (tertiary/aromatic N) is 1. The molecule has 0 aliphatic carbocycles. The zero-order valence-corrected chi connectivity index (χ0v) is 10.7. The third-order valence-electron chi connectivity index (χ3n) is 3.34. The third-order valence-corrected chi connectivity index (χ3v) is 3.34. The highest BCUT2D eigenvalue weighted by Crippen LogP contribution is 2.25. The lowest BCUT2D eigenvalue weighted by Crippen LogP contribution is -2.26. The minimum absolute atomic E-state index is 0.130. The number of amides is 1. The van der Waals surface area contributed by atoms with Crippen LogP contribution >= 0.6 is 0 Å². The van der Waals surface area contributed by atoms with Gasteiger partial charge in [-0.05, 0) is 23.9 Å². The predicted molar refractivity (Wildman–Crippen MR) is 72.5 cm³/mol. The molecule has 1 fully saturated rings. The summed E-state index contributed by atoms with van der Waals surface area (Å²) in [6.07, 6.45) is 0.794. The first-order chi connectivity index (χ1) is 9.68. The molecule has 1 amide bonds. The molecule has 0 radical (unpaired) electrons. The Balaban J connectivity index is 2.19. The van der Waals surface area contributed by atoms with Crippen LogP contribution in [0.3, 0.4) is 0 Å². The second-order valence-electron chi connectivity index (χ2n) is 4.61. The number of aromatic carboxylic acids is 1. The summed E-state index contributed by atoms with van der Waals surface area (Å²) in [6.45, 7) is 1.05. The van der Waals surface area contributed by atoms with Gasteiger partial charge in [-0.15, -0.1) is 0 Å². The molecule has 5 nitrogen and oxygen atoms in total. The summed E-state index contributed by atoms with van der Waals surface area (Å²) in [7, 11) is 0. The van der Waals surface area contributed by atoms with Crippen molar-refractivity contribution in [1.29, 1.82) is 0 Å². The van der Waals surface area contributed by atoms with E-state index in [9.17, 15) is 14.7 Å². The molecule has 0 atom stereocenters. The van der Waals surface area contributed by atoms with Crippen LogP contribution in [-0.2, 0) is 4.84 Å². The Morgan fingerprint density at radius 2 is 1.80 bits per heavy atom. The molecule has 102 valence electrons. The molecule has 1 heterocycles. The van der Waals surface area contributed by atoms with Crippen LogP contribution in [0.2, 0.25) is 0 Å². The Morgan fingerprint density at radius 3 is 2.40 bits per heavy atom. The van der Waals surface area contributed by atoms with Gasteiger partial charge in [0.2, 0.25) is 0 Å². The number of carbonyl (C=O) groups is 2. The monoisotopic (exact) mass is 271 g/mol. The van der Waals surface area contributed by atoms with Crippen molar-refractivity contribution in [3.8, 4) is 0 Å². The maximum Gasteiger partial charge on any atom is 0.336 e. The first-order valence-electron chi connectivity index (χ1n) is 6.38. The maximum atomic E-state index is 12.4. The van der Waals surface area contributed by atoms with Crippen molar-refractivity contribution in [1.82, 2.24) is 5.06 Å². The molecule has 20 heavy (non-hydrogen) atoms. The highest BCUT2D eigenvalue weighted by atomic mass is 16.7. The molecule has 5 heteroatoms. The van der Waals surface area contributed by atoms with Gasteiger partial charge < -0.3 is 5.11 Å². The van der Waals surface area contributed by atoms with Crippen LogP contribution in [0.5, 0.6) is 0 Å². The molecule has 1 N–H and O–H groups in total. The van der Waals surface area contributed by atoms with Gasteiger partial charge in [-0.25, -0.2) is 9.86 Å². The lowest BCUT2D eigenvalue weighted by molar-refractivity contribution is -0.0767. The van der Waals surface area contributed by atoms with Crippen LogP contribution in [0.4, 0.5) is 0 Å². The summed E-state index contributed by atoms with van der Waals surface area (Å²) in [5, 5.41) is 11.8. The molecule has 2 aromatic carbocycles. The maximum absolute atomic E-state index is 12.4. The number of rotatable bonds is 2. The van der Waals surface area contributed by atoms with Gasteiger partial charge in [0.1, 0.15) is 0 Å². The van der Waals surface area contributed by atoms with Crippen LogP contribution in [0.1, 0.15) is 27.1 Å². The molecule has 1 saturated heterocycles. The van der Waals surface area contributed by atoms with Gasteiger partial charge in [0.15, 0.2) is 0 Å². The molecule has 2 aromatic rings. The number of benzene rings is 2.